The van der Waals surface area contributed by atoms with Crippen molar-refractivity contribution in [2.45, 2.75) is 25.2 Å². The van der Waals surface area contributed by atoms with Crippen LogP contribution >= 0.6 is 0 Å². The molecule has 1 N–H and O–H groups in total. The molecule has 1 aliphatic heterocycles. The van der Waals surface area contributed by atoms with E-state index < -0.39 is 10.0 Å². The van der Waals surface area contributed by atoms with Gasteiger partial charge in [-0.2, -0.15) is 4.31 Å². The van der Waals surface area contributed by atoms with Crippen molar-refractivity contribution in [1.82, 2.24) is 4.31 Å². The summed E-state index contributed by atoms with van der Waals surface area (Å²) in [5.41, 5.74) is 0.515. The maximum atomic E-state index is 12.8. The Labute approximate surface area is 147 Å². The summed E-state index contributed by atoms with van der Waals surface area (Å²) in [5, 5.41) is 2.68. The monoisotopic (exact) mass is 362 g/mol. The zero-order valence-corrected chi connectivity index (χ0v) is 15.1. The van der Waals surface area contributed by atoms with Crippen LogP contribution in [0.25, 0.3) is 0 Å². The first-order valence-electron chi connectivity index (χ1n) is 8.31. The minimum Gasteiger partial charge on any atom is -0.459 e. The highest BCUT2D eigenvalue weighted by molar-refractivity contribution is 7.89. The smallest absolute Gasteiger partial charge is 0.291 e. The average Bonchev–Trinajstić information content (AvgIpc) is 3.09. The quantitative estimate of drug-likeness (QED) is 0.906. The molecule has 0 aliphatic carbocycles. The minimum atomic E-state index is -3.51. The first kappa shape index (κ1) is 17.7. The van der Waals surface area contributed by atoms with Crippen LogP contribution in [0.3, 0.4) is 0 Å². The molecule has 1 fully saturated rings. The summed E-state index contributed by atoms with van der Waals surface area (Å²) in [4.78, 5) is 12.2. The SMILES string of the molecule is C[C@@H]1C[C@H](C)CN(S(=O)(=O)c2ccc(NC(=O)c3ccco3)cc2)C1. The number of hydrogen-bond donors (Lipinski definition) is 1. The van der Waals surface area contributed by atoms with E-state index in [1.165, 1.54) is 18.4 Å². The molecule has 2 atom stereocenters. The van der Waals surface area contributed by atoms with Gasteiger partial charge in [0.2, 0.25) is 10.0 Å². The van der Waals surface area contributed by atoms with Gasteiger partial charge in [0.15, 0.2) is 5.76 Å². The van der Waals surface area contributed by atoms with Crippen LogP contribution in [-0.4, -0.2) is 31.7 Å². The third-order valence-corrected chi connectivity index (χ3v) is 6.18. The fourth-order valence-electron chi connectivity index (χ4n) is 3.26. The number of piperidine rings is 1. The molecule has 7 heteroatoms. The van der Waals surface area contributed by atoms with Crippen LogP contribution in [0.15, 0.2) is 52.0 Å². The summed E-state index contributed by atoms with van der Waals surface area (Å²) in [5.74, 6) is 0.531. The van der Waals surface area contributed by atoms with E-state index >= 15 is 0 Å². The normalized spacial score (nSPS) is 21.8. The van der Waals surface area contributed by atoms with Crippen LogP contribution in [-0.2, 0) is 10.0 Å². The first-order valence-corrected chi connectivity index (χ1v) is 9.75. The topological polar surface area (TPSA) is 79.6 Å². The number of furan rings is 1. The predicted octanol–water partition coefficient (Wildman–Crippen LogP) is 3.20. The number of benzene rings is 1. The van der Waals surface area contributed by atoms with Crippen molar-refractivity contribution >= 4 is 21.6 Å². The van der Waals surface area contributed by atoms with Crippen molar-refractivity contribution in [2.24, 2.45) is 11.8 Å². The molecule has 0 bridgehead atoms. The highest BCUT2D eigenvalue weighted by Crippen LogP contribution is 2.27. The summed E-state index contributed by atoms with van der Waals surface area (Å²) in [6.45, 7) is 5.24. The summed E-state index contributed by atoms with van der Waals surface area (Å²) in [6.07, 6.45) is 2.47. The number of rotatable bonds is 4. The molecule has 6 nitrogen and oxygen atoms in total. The van der Waals surface area contributed by atoms with Crippen LogP contribution in [0.1, 0.15) is 30.8 Å². The van der Waals surface area contributed by atoms with E-state index in [1.807, 2.05) is 0 Å². The summed E-state index contributed by atoms with van der Waals surface area (Å²) in [7, 11) is -3.51. The molecule has 0 unspecified atom stereocenters. The molecule has 0 radical (unpaired) electrons. The second-order valence-corrected chi connectivity index (χ2v) is 8.66. The summed E-state index contributed by atoms with van der Waals surface area (Å²) < 4.78 is 32.2. The lowest BCUT2D eigenvalue weighted by Gasteiger charge is -2.34. The number of sulfonamides is 1. The second-order valence-electron chi connectivity index (χ2n) is 6.72. The maximum Gasteiger partial charge on any atom is 0.291 e. The number of hydrogen-bond acceptors (Lipinski definition) is 4. The molecule has 1 aliphatic rings. The maximum absolute atomic E-state index is 12.8. The van der Waals surface area contributed by atoms with Crippen LogP contribution < -0.4 is 5.32 Å². The lowest BCUT2D eigenvalue weighted by atomic mass is 9.94. The Balaban J connectivity index is 1.74. The highest BCUT2D eigenvalue weighted by atomic mass is 32.2. The van der Waals surface area contributed by atoms with Gasteiger partial charge in [0, 0.05) is 18.8 Å². The molecule has 2 aromatic rings. The number of carbonyl (C=O) groups is 1. The lowest BCUT2D eigenvalue weighted by molar-refractivity contribution is 0.0996. The van der Waals surface area contributed by atoms with E-state index in [-0.39, 0.29) is 16.6 Å². The van der Waals surface area contributed by atoms with E-state index in [9.17, 15) is 13.2 Å². The Kier molecular flexibility index (Phi) is 4.96. The molecule has 1 aromatic carbocycles. The Hall–Kier alpha value is -2.12. The minimum absolute atomic E-state index is 0.202. The van der Waals surface area contributed by atoms with Gasteiger partial charge in [-0.25, -0.2) is 8.42 Å². The molecule has 0 spiro atoms. The van der Waals surface area contributed by atoms with Gasteiger partial charge in [-0.05, 0) is 54.7 Å². The number of amides is 1. The van der Waals surface area contributed by atoms with Gasteiger partial charge in [0.1, 0.15) is 0 Å². The Bertz CT molecular complexity index is 818. The molecule has 3 rings (SSSR count). The van der Waals surface area contributed by atoms with Crippen LogP contribution in [0.5, 0.6) is 0 Å². The van der Waals surface area contributed by atoms with Crippen molar-refractivity contribution in [1.29, 1.82) is 0 Å². The zero-order chi connectivity index (χ0) is 18.0. The molecule has 1 saturated heterocycles. The van der Waals surface area contributed by atoms with E-state index in [2.05, 4.69) is 19.2 Å². The number of nitrogens with zero attached hydrogens (tertiary/aromatic N) is 1. The van der Waals surface area contributed by atoms with Gasteiger partial charge < -0.3 is 9.73 Å². The summed E-state index contributed by atoms with van der Waals surface area (Å²) >= 11 is 0. The van der Waals surface area contributed by atoms with Crippen LogP contribution in [0.4, 0.5) is 5.69 Å². The van der Waals surface area contributed by atoms with E-state index in [1.54, 1.807) is 28.6 Å². The van der Waals surface area contributed by atoms with Crippen LogP contribution in [0.2, 0.25) is 0 Å². The van der Waals surface area contributed by atoms with Crippen molar-refractivity contribution in [3.8, 4) is 0 Å². The standard InChI is InChI=1S/C18H22N2O4S/c1-13-10-14(2)12-20(11-13)25(22,23)16-7-5-15(6-8-16)19-18(21)17-4-3-9-24-17/h3-9,13-14H,10-12H2,1-2H3,(H,19,21)/t13-,14+. The molecule has 1 aromatic heterocycles. The Morgan fingerprint density at radius 1 is 1.12 bits per heavy atom. The molecule has 1 amide bonds. The average molecular weight is 362 g/mol. The molecule has 25 heavy (non-hydrogen) atoms. The molecular weight excluding hydrogens is 340 g/mol. The van der Waals surface area contributed by atoms with Crippen molar-refractivity contribution in [3.63, 3.8) is 0 Å². The molecule has 2 heterocycles. The number of anilines is 1. The van der Waals surface area contributed by atoms with Crippen molar-refractivity contribution in [2.75, 3.05) is 18.4 Å². The van der Waals surface area contributed by atoms with Gasteiger partial charge in [0.25, 0.3) is 5.91 Å². The van der Waals surface area contributed by atoms with Gasteiger partial charge >= 0.3 is 0 Å². The number of nitrogens with one attached hydrogen (secondary N) is 1. The Morgan fingerprint density at radius 3 is 2.32 bits per heavy atom. The third-order valence-electron chi connectivity index (χ3n) is 4.33. The van der Waals surface area contributed by atoms with Crippen molar-refractivity contribution in [3.05, 3.63) is 48.4 Å². The van der Waals surface area contributed by atoms with Crippen molar-refractivity contribution < 1.29 is 17.6 Å². The lowest BCUT2D eigenvalue weighted by Crippen LogP contribution is -2.42. The fourth-order valence-corrected chi connectivity index (χ4v) is 4.94. The predicted molar refractivity (Wildman–Crippen MR) is 94.8 cm³/mol. The molecular formula is C18H22N2O4S. The van der Waals surface area contributed by atoms with E-state index in [0.717, 1.165) is 6.42 Å². The zero-order valence-electron chi connectivity index (χ0n) is 14.3. The fraction of sp³-hybridized carbons (Fsp3) is 0.389. The largest absolute Gasteiger partial charge is 0.459 e. The van der Waals surface area contributed by atoms with E-state index in [4.69, 9.17) is 4.42 Å². The molecule has 0 saturated carbocycles. The Morgan fingerprint density at radius 2 is 1.76 bits per heavy atom. The number of carbonyl (C=O) groups excluding carboxylic acids is 1. The van der Waals surface area contributed by atoms with E-state index in [0.29, 0.717) is 30.6 Å². The van der Waals surface area contributed by atoms with Gasteiger partial charge in [-0.1, -0.05) is 13.8 Å². The van der Waals surface area contributed by atoms with Gasteiger partial charge in [-0.3, -0.25) is 4.79 Å². The highest BCUT2D eigenvalue weighted by Gasteiger charge is 2.31. The molecule has 134 valence electrons. The van der Waals surface area contributed by atoms with Gasteiger partial charge in [0.05, 0.1) is 11.2 Å². The first-order chi connectivity index (χ1) is 11.9. The third kappa shape index (κ3) is 3.93. The van der Waals surface area contributed by atoms with Gasteiger partial charge in [-0.15, -0.1) is 0 Å². The second kappa shape index (κ2) is 7.01. The summed E-state index contributed by atoms with van der Waals surface area (Å²) in [6, 6.07) is 9.42. The van der Waals surface area contributed by atoms with Crippen LogP contribution in [0, 0.1) is 11.8 Å².